The van der Waals surface area contributed by atoms with Crippen LogP contribution in [0.2, 0.25) is 0 Å². The molecule has 6 heteroatoms. The van der Waals surface area contributed by atoms with E-state index in [-0.39, 0.29) is 5.91 Å². The fraction of sp³-hybridized carbons (Fsp3) is 0.235. The summed E-state index contributed by atoms with van der Waals surface area (Å²) >= 11 is 1.15. The number of carbonyl (C=O) groups excluding carboxylic acids is 1. The zero-order chi connectivity index (χ0) is 16.4. The Morgan fingerprint density at radius 2 is 1.87 bits per heavy atom. The Bertz CT molecular complexity index is 860. The van der Waals surface area contributed by atoms with Gasteiger partial charge in [0.15, 0.2) is 6.10 Å². The SMILES string of the molecule is Cc1ccc(O[C@H](C)C(=O)Nc2ccc3nsnc3c2)cc1C. The van der Waals surface area contributed by atoms with E-state index in [1.807, 2.05) is 44.2 Å². The number of aryl methyl sites for hydroxylation is 2. The van der Waals surface area contributed by atoms with Gasteiger partial charge in [-0.1, -0.05) is 6.07 Å². The summed E-state index contributed by atoms with van der Waals surface area (Å²) in [6.45, 7) is 5.79. The molecule has 0 spiro atoms. The van der Waals surface area contributed by atoms with E-state index in [4.69, 9.17) is 4.74 Å². The Kier molecular flexibility index (Phi) is 4.25. The molecule has 0 saturated carbocycles. The van der Waals surface area contributed by atoms with Crippen molar-refractivity contribution in [3.05, 3.63) is 47.5 Å². The van der Waals surface area contributed by atoms with E-state index in [1.165, 1.54) is 5.56 Å². The van der Waals surface area contributed by atoms with Crippen LogP contribution in [0, 0.1) is 13.8 Å². The highest BCUT2D eigenvalue weighted by Crippen LogP contribution is 2.20. The lowest BCUT2D eigenvalue weighted by molar-refractivity contribution is -0.122. The van der Waals surface area contributed by atoms with Crippen molar-refractivity contribution in [2.75, 3.05) is 5.32 Å². The van der Waals surface area contributed by atoms with Crippen molar-refractivity contribution in [2.24, 2.45) is 0 Å². The van der Waals surface area contributed by atoms with Crippen molar-refractivity contribution in [1.29, 1.82) is 0 Å². The third-order valence-electron chi connectivity index (χ3n) is 3.68. The van der Waals surface area contributed by atoms with E-state index >= 15 is 0 Å². The predicted molar refractivity (Wildman–Crippen MR) is 92.1 cm³/mol. The number of fused-ring (bicyclic) bond motifs is 1. The van der Waals surface area contributed by atoms with Gasteiger partial charge in [0.1, 0.15) is 16.8 Å². The fourth-order valence-electron chi connectivity index (χ4n) is 2.15. The molecule has 1 heterocycles. The summed E-state index contributed by atoms with van der Waals surface area (Å²) in [4.78, 5) is 12.3. The second kappa shape index (κ2) is 6.34. The Hall–Kier alpha value is -2.47. The lowest BCUT2D eigenvalue weighted by atomic mass is 10.1. The molecule has 0 aliphatic carbocycles. The van der Waals surface area contributed by atoms with Gasteiger partial charge in [0.05, 0.1) is 11.7 Å². The smallest absolute Gasteiger partial charge is 0.265 e. The highest BCUT2D eigenvalue weighted by molar-refractivity contribution is 7.00. The Morgan fingerprint density at radius 3 is 2.65 bits per heavy atom. The molecule has 1 aromatic heterocycles. The Balaban J connectivity index is 1.67. The highest BCUT2D eigenvalue weighted by Gasteiger charge is 2.15. The summed E-state index contributed by atoms with van der Waals surface area (Å²) < 4.78 is 14.0. The lowest BCUT2D eigenvalue weighted by Crippen LogP contribution is -2.30. The van der Waals surface area contributed by atoms with Crippen LogP contribution in [-0.4, -0.2) is 20.8 Å². The second-order valence-corrected chi connectivity index (χ2v) is 5.99. The van der Waals surface area contributed by atoms with Gasteiger partial charge in [-0.15, -0.1) is 0 Å². The summed E-state index contributed by atoms with van der Waals surface area (Å²) in [5.74, 6) is 0.487. The van der Waals surface area contributed by atoms with E-state index in [0.717, 1.165) is 28.3 Å². The van der Waals surface area contributed by atoms with Crippen molar-refractivity contribution in [1.82, 2.24) is 8.75 Å². The molecule has 0 aliphatic heterocycles. The number of ether oxygens (including phenoxy) is 1. The monoisotopic (exact) mass is 327 g/mol. The molecule has 0 saturated heterocycles. The minimum atomic E-state index is -0.596. The van der Waals surface area contributed by atoms with Gasteiger partial charge in [0.2, 0.25) is 0 Å². The van der Waals surface area contributed by atoms with Crippen LogP contribution in [0.15, 0.2) is 36.4 Å². The molecule has 5 nitrogen and oxygen atoms in total. The maximum atomic E-state index is 12.3. The number of hydrogen-bond acceptors (Lipinski definition) is 5. The second-order valence-electron chi connectivity index (χ2n) is 5.46. The van der Waals surface area contributed by atoms with Crippen molar-refractivity contribution >= 4 is 34.4 Å². The molecule has 1 amide bonds. The highest BCUT2D eigenvalue weighted by atomic mass is 32.1. The van der Waals surface area contributed by atoms with Gasteiger partial charge in [0, 0.05) is 5.69 Å². The summed E-state index contributed by atoms with van der Waals surface area (Å²) in [7, 11) is 0. The fourth-order valence-corrected chi connectivity index (χ4v) is 2.67. The van der Waals surface area contributed by atoms with Gasteiger partial charge in [-0.05, 0) is 62.2 Å². The zero-order valence-electron chi connectivity index (χ0n) is 13.2. The van der Waals surface area contributed by atoms with Crippen molar-refractivity contribution in [3.8, 4) is 5.75 Å². The number of benzene rings is 2. The first kappa shape index (κ1) is 15.4. The molecule has 2 aromatic carbocycles. The first-order valence-corrected chi connectivity index (χ1v) is 8.03. The molecular weight excluding hydrogens is 310 g/mol. The molecule has 0 bridgehead atoms. The van der Waals surface area contributed by atoms with Crippen LogP contribution in [0.5, 0.6) is 5.75 Å². The molecule has 0 radical (unpaired) electrons. The molecular formula is C17H17N3O2S. The largest absolute Gasteiger partial charge is 0.481 e. The molecule has 1 atom stereocenters. The number of amides is 1. The summed E-state index contributed by atoms with van der Waals surface area (Å²) in [6, 6.07) is 11.2. The maximum Gasteiger partial charge on any atom is 0.265 e. The van der Waals surface area contributed by atoms with E-state index < -0.39 is 6.10 Å². The van der Waals surface area contributed by atoms with Crippen LogP contribution >= 0.6 is 11.7 Å². The Labute approximate surface area is 138 Å². The van der Waals surface area contributed by atoms with Gasteiger partial charge >= 0.3 is 0 Å². The Morgan fingerprint density at radius 1 is 1.09 bits per heavy atom. The van der Waals surface area contributed by atoms with E-state index in [1.54, 1.807) is 13.0 Å². The van der Waals surface area contributed by atoms with Crippen LogP contribution in [0.25, 0.3) is 11.0 Å². The van der Waals surface area contributed by atoms with Gasteiger partial charge in [-0.3, -0.25) is 4.79 Å². The number of nitrogens with one attached hydrogen (secondary N) is 1. The van der Waals surface area contributed by atoms with E-state index in [0.29, 0.717) is 11.4 Å². The van der Waals surface area contributed by atoms with Gasteiger partial charge < -0.3 is 10.1 Å². The number of anilines is 1. The average molecular weight is 327 g/mol. The standard InChI is InChI=1S/C17H17N3O2S/c1-10-4-6-14(8-11(10)2)22-12(3)17(21)18-13-5-7-15-16(9-13)20-23-19-15/h4-9,12H,1-3H3,(H,18,21)/t12-/m1/s1. The first-order chi connectivity index (χ1) is 11.0. The third-order valence-corrected chi connectivity index (χ3v) is 4.24. The van der Waals surface area contributed by atoms with Crippen LogP contribution < -0.4 is 10.1 Å². The quantitative estimate of drug-likeness (QED) is 0.793. The molecule has 0 fully saturated rings. The van der Waals surface area contributed by atoms with E-state index in [2.05, 4.69) is 14.1 Å². The molecule has 0 aliphatic rings. The molecule has 118 valence electrons. The summed E-state index contributed by atoms with van der Waals surface area (Å²) in [6.07, 6.45) is -0.596. The predicted octanol–water partition coefficient (Wildman–Crippen LogP) is 3.71. The number of hydrogen-bond donors (Lipinski definition) is 1. The molecule has 23 heavy (non-hydrogen) atoms. The molecule has 3 rings (SSSR count). The molecule has 1 N–H and O–H groups in total. The zero-order valence-corrected chi connectivity index (χ0v) is 14.0. The van der Waals surface area contributed by atoms with Crippen molar-refractivity contribution in [3.63, 3.8) is 0 Å². The number of rotatable bonds is 4. The topological polar surface area (TPSA) is 64.1 Å². The molecule has 0 unspecified atom stereocenters. The maximum absolute atomic E-state index is 12.3. The number of nitrogens with zero attached hydrogens (tertiary/aromatic N) is 2. The summed E-state index contributed by atoms with van der Waals surface area (Å²) in [5.41, 5.74) is 4.62. The van der Waals surface area contributed by atoms with Gasteiger partial charge in [0.25, 0.3) is 5.91 Å². The van der Waals surface area contributed by atoms with Gasteiger partial charge in [-0.25, -0.2) is 0 Å². The minimum Gasteiger partial charge on any atom is -0.481 e. The van der Waals surface area contributed by atoms with Crippen LogP contribution in [0.1, 0.15) is 18.1 Å². The van der Waals surface area contributed by atoms with Crippen LogP contribution in [-0.2, 0) is 4.79 Å². The van der Waals surface area contributed by atoms with Crippen LogP contribution in [0.4, 0.5) is 5.69 Å². The van der Waals surface area contributed by atoms with E-state index in [9.17, 15) is 4.79 Å². The lowest BCUT2D eigenvalue weighted by Gasteiger charge is -2.15. The van der Waals surface area contributed by atoms with Gasteiger partial charge in [-0.2, -0.15) is 8.75 Å². The third kappa shape index (κ3) is 3.48. The number of carbonyl (C=O) groups is 1. The van der Waals surface area contributed by atoms with Crippen molar-refractivity contribution in [2.45, 2.75) is 26.9 Å². The number of aromatic nitrogens is 2. The van der Waals surface area contributed by atoms with Crippen molar-refractivity contribution < 1.29 is 9.53 Å². The average Bonchev–Trinajstić information content (AvgIpc) is 2.98. The molecule has 3 aromatic rings. The van der Waals surface area contributed by atoms with Crippen LogP contribution in [0.3, 0.4) is 0 Å². The first-order valence-electron chi connectivity index (χ1n) is 7.30. The normalized spacial score (nSPS) is 12.1. The minimum absolute atomic E-state index is 0.203. The summed E-state index contributed by atoms with van der Waals surface area (Å²) in [5, 5.41) is 2.84.